The van der Waals surface area contributed by atoms with Crippen molar-refractivity contribution in [1.29, 1.82) is 0 Å². The molecule has 19 heavy (non-hydrogen) atoms. The third-order valence-corrected chi connectivity index (χ3v) is 2.86. The van der Waals surface area contributed by atoms with Gasteiger partial charge in [0.1, 0.15) is 5.82 Å². The summed E-state index contributed by atoms with van der Waals surface area (Å²) in [4.78, 5) is 8.87. The Bertz CT molecular complexity index is 501. The summed E-state index contributed by atoms with van der Waals surface area (Å²) in [5.41, 5.74) is 1.85. The number of hydrogen-bond donors (Lipinski definition) is 1. The highest BCUT2D eigenvalue weighted by Gasteiger charge is 1.98. The molecule has 0 spiro atoms. The zero-order chi connectivity index (χ0) is 13.3. The predicted molar refractivity (Wildman–Crippen MR) is 78.4 cm³/mol. The van der Waals surface area contributed by atoms with Crippen LogP contribution in [0.4, 0.5) is 5.82 Å². The van der Waals surface area contributed by atoms with E-state index in [1.165, 1.54) is 6.42 Å². The van der Waals surface area contributed by atoms with Crippen LogP contribution < -0.4 is 5.32 Å². The van der Waals surface area contributed by atoms with Gasteiger partial charge in [-0.15, -0.1) is 0 Å². The molecule has 0 unspecified atom stereocenters. The standard InChI is InChI=1S/C15H21N3O/c1-2-3-10-19-11-6-9-16-15-12-17-13-7-4-5-8-14(13)18-15/h4-5,7-8,12H,2-3,6,9-11H2,1H3,(H,16,18). The van der Waals surface area contributed by atoms with Gasteiger partial charge in [0.05, 0.1) is 17.2 Å². The molecule has 0 aliphatic heterocycles. The molecule has 0 radical (unpaired) electrons. The monoisotopic (exact) mass is 259 g/mol. The highest BCUT2D eigenvalue weighted by molar-refractivity contribution is 5.75. The first-order valence-electron chi connectivity index (χ1n) is 6.93. The van der Waals surface area contributed by atoms with Crippen molar-refractivity contribution in [2.24, 2.45) is 0 Å². The lowest BCUT2D eigenvalue weighted by Gasteiger charge is -2.06. The maximum Gasteiger partial charge on any atom is 0.145 e. The Hall–Kier alpha value is -1.68. The average molecular weight is 259 g/mol. The molecule has 0 saturated carbocycles. The van der Waals surface area contributed by atoms with Crippen molar-refractivity contribution >= 4 is 16.9 Å². The number of nitrogens with one attached hydrogen (secondary N) is 1. The Balaban J connectivity index is 1.72. The molecule has 0 amide bonds. The van der Waals surface area contributed by atoms with Gasteiger partial charge >= 0.3 is 0 Å². The third kappa shape index (κ3) is 4.48. The molecule has 0 atom stereocenters. The number of benzene rings is 1. The zero-order valence-electron chi connectivity index (χ0n) is 11.4. The topological polar surface area (TPSA) is 47.0 Å². The fourth-order valence-electron chi connectivity index (χ4n) is 1.78. The van der Waals surface area contributed by atoms with E-state index in [1.54, 1.807) is 6.20 Å². The van der Waals surface area contributed by atoms with E-state index in [0.29, 0.717) is 0 Å². The summed E-state index contributed by atoms with van der Waals surface area (Å²) in [5.74, 6) is 0.826. The van der Waals surface area contributed by atoms with E-state index in [0.717, 1.165) is 49.5 Å². The molecule has 4 heteroatoms. The molecule has 2 rings (SSSR count). The smallest absolute Gasteiger partial charge is 0.145 e. The summed E-state index contributed by atoms with van der Waals surface area (Å²) in [5, 5.41) is 3.27. The van der Waals surface area contributed by atoms with Gasteiger partial charge in [-0.1, -0.05) is 25.5 Å². The van der Waals surface area contributed by atoms with E-state index < -0.39 is 0 Å². The molecule has 102 valence electrons. The van der Waals surface area contributed by atoms with E-state index in [4.69, 9.17) is 4.74 Å². The Kier molecular flexibility index (Phi) is 5.56. The number of nitrogens with zero attached hydrogens (tertiary/aromatic N) is 2. The van der Waals surface area contributed by atoms with E-state index >= 15 is 0 Å². The fourth-order valence-corrected chi connectivity index (χ4v) is 1.78. The Morgan fingerprint density at radius 2 is 1.89 bits per heavy atom. The second-order valence-electron chi connectivity index (χ2n) is 4.49. The lowest BCUT2D eigenvalue weighted by atomic mass is 10.3. The summed E-state index contributed by atoms with van der Waals surface area (Å²) < 4.78 is 5.51. The Labute approximate surface area is 114 Å². The largest absolute Gasteiger partial charge is 0.381 e. The van der Waals surface area contributed by atoms with Crippen LogP contribution in [-0.4, -0.2) is 29.7 Å². The van der Waals surface area contributed by atoms with Crippen LogP contribution >= 0.6 is 0 Å². The summed E-state index contributed by atoms with van der Waals surface area (Å²) in [6.07, 6.45) is 5.09. The number of hydrogen-bond acceptors (Lipinski definition) is 4. The second kappa shape index (κ2) is 7.69. The van der Waals surface area contributed by atoms with Crippen LogP contribution in [0.3, 0.4) is 0 Å². The number of fused-ring (bicyclic) bond motifs is 1. The third-order valence-electron chi connectivity index (χ3n) is 2.86. The first-order valence-corrected chi connectivity index (χ1v) is 6.93. The molecule has 1 heterocycles. The van der Waals surface area contributed by atoms with Crippen molar-refractivity contribution in [1.82, 2.24) is 9.97 Å². The summed E-state index contributed by atoms with van der Waals surface area (Å²) in [7, 11) is 0. The number of aromatic nitrogens is 2. The van der Waals surface area contributed by atoms with Crippen molar-refractivity contribution in [3.05, 3.63) is 30.5 Å². The zero-order valence-corrected chi connectivity index (χ0v) is 11.4. The minimum atomic E-state index is 0.800. The van der Waals surface area contributed by atoms with Crippen molar-refractivity contribution < 1.29 is 4.74 Å². The first-order chi connectivity index (χ1) is 9.40. The molecular formula is C15H21N3O. The molecular weight excluding hydrogens is 238 g/mol. The van der Waals surface area contributed by atoms with Crippen LogP contribution in [0.15, 0.2) is 30.5 Å². The van der Waals surface area contributed by atoms with E-state index in [9.17, 15) is 0 Å². The lowest BCUT2D eigenvalue weighted by molar-refractivity contribution is 0.131. The predicted octanol–water partition coefficient (Wildman–Crippen LogP) is 3.25. The first kappa shape index (κ1) is 13.7. The highest BCUT2D eigenvalue weighted by Crippen LogP contribution is 2.10. The van der Waals surface area contributed by atoms with Crippen molar-refractivity contribution in [3.8, 4) is 0 Å². The minimum absolute atomic E-state index is 0.800. The SMILES string of the molecule is CCCCOCCCNc1cnc2ccccc2n1. The van der Waals surface area contributed by atoms with Gasteiger partial charge in [-0.3, -0.25) is 4.98 Å². The van der Waals surface area contributed by atoms with Gasteiger partial charge in [0.2, 0.25) is 0 Å². The lowest BCUT2D eigenvalue weighted by Crippen LogP contribution is -2.07. The van der Waals surface area contributed by atoms with Gasteiger partial charge in [-0.2, -0.15) is 0 Å². The van der Waals surface area contributed by atoms with Crippen LogP contribution in [0.2, 0.25) is 0 Å². The molecule has 2 aromatic rings. The summed E-state index contributed by atoms with van der Waals surface area (Å²) >= 11 is 0. The van der Waals surface area contributed by atoms with Gasteiger partial charge in [0.25, 0.3) is 0 Å². The fraction of sp³-hybridized carbons (Fsp3) is 0.467. The molecule has 4 nitrogen and oxygen atoms in total. The van der Waals surface area contributed by atoms with Crippen molar-refractivity contribution in [2.45, 2.75) is 26.2 Å². The number of unbranched alkanes of at least 4 members (excludes halogenated alkanes) is 1. The molecule has 0 aliphatic carbocycles. The van der Waals surface area contributed by atoms with E-state index in [1.807, 2.05) is 24.3 Å². The molecule has 0 aliphatic rings. The van der Waals surface area contributed by atoms with Gasteiger partial charge in [-0.05, 0) is 25.0 Å². The number of ether oxygens (including phenoxy) is 1. The van der Waals surface area contributed by atoms with Crippen LogP contribution in [0.1, 0.15) is 26.2 Å². The van der Waals surface area contributed by atoms with Crippen LogP contribution in [-0.2, 0) is 4.74 Å². The number of rotatable bonds is 8. The normalized spacial score (nSPS) is 10.8. The van der Waals surface area contributed by atoms with Gasteiger partial charge in [-0.25, -0.2) is 4.98 Å². The Morgan fingerprint density at radius 1 is 1.11 bits per heavy atom. The minimum Gasteiger partial charge on any atom is -0.381 e. The average Bonchev–Trinajstić information content (AvgIpc) is 2.46. The molecule has 0 saturated heterocycles. The van der Waals surface area contributed by atoms with Crippen molar-refractivity contribution in [3.63, 3.8) is 0 Å². The summed E-state index contributed by atoms with van der Waals surface area (Å²) in [6, 6.07) is 7.88. The van der Waals surface area contributed by atoms with Gasteiger partial charge in [0, 0.05) is 19.8 Å². The van der Waals surface area contributed by atoms with Gasteiger partial charge < -0.3 is 10.1 Å². The van der Waals surface area contributed by atoms with Crippen LogP contribution in [0.25, 0.3) is 11.0 Å². The van der Waals surface area contributed by atoms with Crippen LogP contribution in [0.5, 0.6) is 0 Å². The highest BCUT2D eigenvalue weighted by atomic mass is 16.5. The molecule has 1 N–H and O–H groups in total. The number of para-hydroxylation sites is 2. The maximum absolute atomic E-state index is 5.51. The second-order valence-corrected chi connectivity index (χ2v) is 4.49. The number of anilines is 1. The molecule has 1 aromatic carbocycles. The molecule has 1 aromatic heterocycles. The Morgan fingerprint density at radius 3 is 2.74 bits per heavy atom. The van der Waals surface area contributed by atoms with Gasteiger partial charge in [0.15, 0.2) is 0 Å². The van der Waals surface area contributed by atoms with E-state index in [2.05, 4.69) is 22.2 Å². The van der Waals surface area contributed by atoms with E-state index in [-0.39, 0.29) is 0 Å². The molecule has 0 bridgehead atoms. The van der Waals surface area contributed by atoms with Crippen LogP contribution in [0, 0.1) is 0 Å². The quantitative estimate of drug-likeness (QED) is 0.739. The molecule has 0 fully saturated rings. The maximum atomic E-state index is 5.51. The van der Waals surface area contributed by atoms with Crippen molar-refractivity contribution in [2.75, 3.05) is 25.1 Å². The summed E-state index contributed by atoms with van der Waals surface area (Å²) in [6.45, 7) is 4.70.